The molecule has 0 bridgehead atoms. The van der Waals surface area contributed by atoms with E-state index in [2.05, 4.69) is 25.1 Å². The molecule has 8 nitrogen and oxygen atoms in total. The van der Waals surface area contributed by atoms with Crippen molar-refractivity contribution in [3.8, 4) is 17.0 Å². The number of carbonyl (C=O) groups excluding carboxylic acids is 1. The topological polar surface area (TPSA) is 84.3 Å². The Morgan fingerprint density at radius 3 is 2.36 bits per heavy atom. The largest absolute Gasteiger partial charge is 0.494 e. The normalized spacial score (nSPS) is 13.8. The highest BCUT2D eigenvalue weighted by Gasteiger charge is 2.24. The first-order valence-corrected chi connectivity index (χ1v) is 11.0. The number of ether oxygens (including phenoxy) is 1. The van der Waals surface area contributed by atoms with Crippen molar-refractivity contribution in [1.29, 1.82) is 0 Å². The Morgan fingerprint density at radius 1 is 0.909 bits per heavy atom. The first-order chi connectivity index (χ1) is 16.2. The van der Waals surface area contributed by atoms with E-state index in [0.717, 1.165) is 33.9 Å². The van der Waals surface area contributed by atoms with Crippen molar-refractivity contribution in [2.24, 2.45) is 0 Å². The van der Waals surface area contributed by atoms with Gasteiger partial charge < -0.3 is 14.5 Å². The van der Waals surface area contributed by atoms with Gasteiger partial charge in [-0.25, -0.2) is 4.98 Å². The number of benzene rings is 2. The second kappa shape index (κ2) is 9.20. The zero-order valence-corrected chi connectivity index (χ0v) is 18.4. The van der Waals surface area contributed by atoms with Gasteiger partial charge in [-0.15, -0.1) is 10.2 Å². The number of para-hydroxylation sites is 2. The van der Waals surface area contributed by atoms with Gasteiger partial charge in [0.1, 0.15) is 11.4 Å². The van der Waals surface area contributed by atoms with Crippen LogP contribution in [0.4, 0.5) is 5.82 Å². The number of carbonyl (C=O) groups is 1. The second-order valence-electron chi connectivity index (χ2n) is 7.76. The molecule has 2 aromatic carbocycles. The fraction of sp³-hybridized carbons (Fsp3) is 0.240. The third kappa shape index (κ3) is 4.45. The van der Waals surface area contributed by atoms with Gasteiger partial charge in [-0.1, -0.05) is 12.1 Å². The van der Waals surface area contributed by atoms with Crippen LogP contribution < -0.4 is 9.64 Å². The zero-order chi connectivity index (χ0) is 22.6. The van der Waals surface area contributed by atoms with E-state index in [-0.39, 0.29) is 5.91 Å². The number of aromatic nitrogens is 4. The number of rotatable bonds is 5. The molecule has 1 saturated heterocycles. The number of anilines is 1. The summed E-state index contributed by atoms with van der Waals surface area (Å²) < 4.78 is 5.49. The van der Waals surface area contributed by atoms with Crippen LogP contribution in [0, 0.1) is 0 Å². The predicted molar refractivity (Wildman–Crippen MR) is 126 cm³/mol. The number of nitrogens with zero attached hydrogens (tertiary/aromatic N) is 6. The second-order valence-corrected chi connectivity index (χ2v) is 7.76. The van der Waals surface area contributed by atoms with Gasteiger partial charge in [-0.05, 0) is 55.5 Å². The molecule has 1 fully saturated rings. The van der Waals surface area contributed by atoms with Gasteiger partial charge in [0.15, 0.2) is 5.82 Å². The Kier molecular flexibility index (Phi) is 5.80. The van der Waals surface area contributed by atoms with Crippen molar-refractivity contribution < 1.29 is 9.53 Å². The summed E-state index contributed by atoms with van der Waals surface area (Å²) in [6.07, 6.45) is 1.56. The predicted octanol–water partition coefficient (Wildman–Crippen LogP) is 3.45. The van der Waals surface area contributed by atoms with Crippen LogP contribution in [0.1, 0.15) is 17.4 Å². The minimum absolute atomic E-state index is 0.0927. The molecule has 4 aromatic rings. The third-order valence-corrected chi connectivity index (χ3v) is 5.67. The lowest BCUT2D eigenvalue weighted by atomic mass is 10.1. The van der Waals surface area contributed by atoms with Gasteiger partial charge in [-0.3, -0.25) is 9.78 Å². The lowest BCUT2D eigenvalue weighted by Crippen LogP contribution is -2.49. The molecular weight excluding hydrogens is 416 g/mol. The Morgan fingerprint density at radius 2 is 1.67 bits per heavy atom. The van der Waals surface area contributed by atoms with Crippen LogP contribution in [0.15, 0.2) is 66.9 Å². The summed E-state index contributed by atoms with van der Waals surface area (Å²) in [4.78, 5) is 25.7. The molecule has 3 heterocycles. The summed E-state index contributed by atoms with van der Waals surface area (Å²) in [6, 6.07) is 19.3. The van der Waals surface area contributed by atoms with E-state index in [0.29, 0.717) is 38.5 Å². The minimum atomic E-state index is -0.0927. The molecule has 1 aliphatic heterocycles. The van der Waals surface area contributed by atoms with Crippen LogP contribution in [0.3, 0.4) is 0 Å². The van der Waals surface area contributed by atoms with Gasteiger partial charge in [0.2, 0.25) is 0 Å². The summed E-state index contributed by atoms with van der Waals surface area (Å²) in [5.41, 5.74) is 3.69. The van der Waals surface area contributed by atoms with Gasteiger partial charge >= 0.3 is 0 Å². The fourth-order valence-electron chi connectivity index (χ4n) is 3.90. The van der Waals surface area contributed by atoms with Gasteiger partial charge in [-0.2, -0.15) is 0 Å². The first-order valence-electron chi connectivity index (χ1n) is 11.0. The Bertz CT molecular complexity index is 1250. The molecule has 8 heteroatoms. The lowest BCUT2D eigenvalue weighted by Gasteiger charge is -2.35. The SMILES string of the molecule is CCOc1ccc(-c2ccc(N3CCN(C(=O)c4cnc5ccccc5n4)CC3)nn2)cc1. The van der Waals surface area contributed by atoms with Crippen molar-refractivity contribution in [3.63, 3.8) is 0 Å². The van der Waals surface area contributed by atoms with Crippen molar-refractivity contribution in [2.45, 2.75) is 6.92 Å². The smallest absolute Gasteiger partial charge is 0.274 e. The Hall–Kier alpha value is -4.07. The number of hydrogen-bond donors (Lipinski definition) is 0. The molecule has 166 valence electrons. The molecule has 2 aromatic heterocycles. The molecule has 0 unspecified atom stereocenters. The number of amides is 1. The van der Waals surface area contributed by atoms with Gasteiger partial charge in [0.25, 0.3) is 5.91 Å². The molecule has 1 aliphatic rings. The van der Waals surface area contributed by atoms with E-state index in [1.807, 2.05) is 72.5 Å². The van der Waals surface area contributed by atoms with Crippen molar-refractivity contribution in [2.75, 3.05) is 37.7 Å². The zero-order valence-electron chi connectivity index (χ0n) is 18.4. The molecule has 1 amide bonds. The molecule has 0 spiro atoms. The highest BCUT2D eigenvalue weighted by Crippen LogP contribution is 2.22. The van der Waals surface area contributed by atoms with Crippen LogP contribution in [0.25, 0.3) is 22.3 Å². The van der Waals surface area contributed by atoms with Crippen LogP contribution in [0.5, 0.6) is 5.75 Å². The highest BCUT2D eigenvalue weighted by atomic mass is 16.5. The van der Waals surface area contributed by atoms with Crippen LogP contribution >= 0.6 is 0 Å². The molecule has 0 saturated carbocycles. The Labute approximate surface area is 191 Å². The van der Waals surface area contributed by atoms with Crippen LogP contribution in [-0.4, -0.2) is 63.8 Å². The summed E-state index contributed by atoms with van der Waals surface area (Å²) in [7, 11) is 0. The maximum atomic E-state index is 12.9. The number of hydrogen-bond acceptors (Lipinski definition) is 7. The van der Waals surface area contributed by atoms with E-state index in [4.69, 9.17) is 4.74 Å². The standard InChI is InChI=1S/C25H24N6O2/c1-2-33-19-9-7-18(8-10-19)20-11-12-24(29-28-20)30-13-15-31(16-14-30)25(32)23-17-26-21-5-3-4-6-22(21)27-23/h3-12,17H,2,13-16H2,1H3. The highest BCUT2D eigenvalue weighted by molar-refractivity contribution is 5.94. The third-order valence-electron chi connectivity index (χ3n) is 5.67. The average Bonchev–Trinajstić information content (AvgIpc) is 2.89. The van der Waals surface area contributed by atoms with E-state index in [9.17, 15) is 4.79 Å². The quantitative estimate of drug-likeness (QED) is 0.470. The monoisotopic (exact) mass is 440 g/mol. The van der Waals surface area contributed by atoms with Crippen LogP contribution in [0.2, 0.25) is 0 Å². The van der Waals surface area contributed by atoms with Crippen molar-refractivity contribution in [1.82, 2.24) is 25.1 Å². The number of piperazine rings is 1. The van der Waals surface area contributed by atoms with Gasteiger partial charge in [0.05, 0.1) is 29.5 Å². The fourth-order valence-corrected chi connectivity index (χ4v) is 3.90. The summed E-state index contributed by atoms with van der Waals surface area (Å²) in [6.45, 7) is 5.16. The summed E-state index contributed by atoms with van der Waals surface area (Å²) in [5.74, 6) is 1.56. The first kappa shape index (κ1) is 20.8. The molecule has 0 aliphatic carbocycles. The van der Waals surface area contributed by atoms with Gasteiger partial charge in [0, 0.05) is 31.7 Å². The van der Waals surface area contributed by atoms with E-state index >= 15 is 0 Å². The average molecular weight is 441 g/mol. The Balaban J connectivity index is 1.21. The van der Waals surface area contributed by atoms with Crippen molar-refractivity contribution >= 4 is 22.8 Å². The maximum Gasteiger partial charge on any atom is 0.274 e. The van der Waals surface area contributed by atoms with E-state index in [1.54, 1.807) is 6.20 Å². The number of fused-ring (bicyclic) bond motifs is 1. The van der Waals surface area contributed by atoms with E-state index < -0.39 is 0 Å². The molecule has 33 heavy (non-hydrogen) atoms. The molecule has 5 rings (SSSR count). The van der Waals surface area contributed by atoms with Crippen LogP contribution in [-0.2, 0) is 0 Å². The summed E-state index contributed by atoms with van der Waals surface area (Å²) >= 11 is 0. The molecule has 0 atom stereocenters. The maximum absolute atomic E-state index is 12.9. The van der Waals surface area contributed by atoms with Crippen molar-refractivity contribution in [3.05, 3.63) is 72.6 Å². The summed E-state index contributed by atoms with van der Waals surface area (Å²) in [5, 5.41) is 8.82. The molecule has 0 radical (unpaired) electrons. The molecule has 0 N–H and O–H groups in total. The van der Waals surface area contributed by atoms with E-state index in [1.165, 1.54) is 0 Å². The molecular formula is C25H24N6O2. The minimum Gasteiger partial charge on any atom is -0.494 e. The lowest BCUT2D eigenvalue weighted by molar-refractivity contribution is 0.0740.